The summed E-state index contributed by atoms with van der Waals surface area (Å²) in [5.41, 5.74) is 2.89. The van der Waals surface area contributed by atoms with Crippen molar-refractivity contribution < 1.29 is 19.7 Å². The quantitative estimate of drug-likeness (QED) is 0.341. The van der Waals surface area contributed by atoms with E-state index in [1.165, 1.54) is 5.56 Å². The highest BCUT2D eigenvalue weighted by atomic mass is 35.5. The predicted molar refractivity (Wildman–Crippen MR) is 143 cm³/mol. The van der Waals surface area contributed by atoms with Crippen LogP contribution in [0.2, 0.25) is 5.02 Å². The Bertz CT molecular complexity index is 1170. The second kappa shape index (κ2) is 12.5. The number of ether oxygens (including phenoxy) is 1. The van der Waals surface area contributed by atoms with E-state index >= 15 is 0 Å². The van der Waals surface area contributed by atoms with Gasteiger partial charge in [-0.15, -0.1) is 0 Å². The lowest BCUT2D eigenvalue weighted by atomic mass is 9.79. The zero-order valence-corrected chi connectivity index (χ0v) is 21.5. The van der Waals surface area contributed by atoms with Gasteiger partial charge >= 0.3 is 5.97 Å². The normalized spacial score (nSPS) is 19.3. The number of carbonyl (C=O) groups is 1. The zero-order valence-electron chi connectivity index (χ0n) is 20.8. The summed E-state index contributed by atoms with van der Waals surface area (Å²) in [5.74, 6) is 0.346. The predicted octanol–water partition coefficient (Wildman–Crippen LogP) is 5.76. The third-order valence-corrected chi connectivity index (χ3v) is 7.63. The molecular formula is C29H35ClN2O4. The molecule has 0 unspecified atom stereocenters. The summed E-state index contributed by atoms with van der Waals surface area (Å²) in [7, 11) is 1.62. The van der Waals surface area contributed by atoms with Crippen LogP contribution in [0.15, 0.2) is 54.7 Å². The lowest BCUT2D eigenvalue weighted by Crippen LogP contribution is -2.42. The van der Waals surface area contributed by atoms with Crippen LogP contribution < -0.4 is 4.74 Å². The SMILES string of the molecule is COc1ccc2nccc([C@H](O)CC[C@@H]3CCN(CCCc4cccc(Cl)c4)C[C@@H]3CC(=O)O)c2c1. The molecule has 192 valence electrons. The van der Waals surface area contributed by atoms with Crippen LogP contribution in [0.5, 0.6) is 5.75 Å². The number of halogens is 1. The standard InChI is InChI=1S/C29H35ClN2O4/c1-36-24-8-9-27-26(18-24)25(11-13-31-27)28(33)10-7-21-12-15-32(19-22(21)17-29(34)35)14-3-5-20-4-2-6-23(30)16-20/h2,4,6,8-9,11,13,16,18,21-22,28,33H,3,5,7,10,12,14-15,17,19H2,1H3,(H,34,35)/t21-,22+,28-/m1/s1. The minimum atomic E-state index is -0.751. The van der Waals surface area contributed by atoms with Crippen LogP contribution >= 0.6 is 11.6 Å². The molecule has 2 aromatic carbocycles. The highest BCUT2D eigenvalue weighted by molar-refractivity contribution is 6.30. The minimum absolute atomic E-state index is 0.0869. The van der Waals surface area contributed by atoms with Gasteiger partial charge in [0.05, 0.1) is 18.7 Å². The average Bonchev–Trinajstić information content (AvgIpc) is 2.87. The largest absolute Gasteiger partial charge is 0.497 e. The average molecular weight is 511 g/mol. The van der Waals surface area contributed by atoms with Gasteiger partial charge in [0, 0.05) is 29.6 Å². The Morgan fingerprint density at radius 3 is 2.86 bits per heavy atom. The van der Waals surface area contributed by atoms with Gasteiger partial charge < -0.3 is 19.8 Å². The smallest absolute Gasteiger partial charge is 0.303 e. The number of aliphatic hydroxyl groups is 1. The molecule has 1 aromatic heterocycles. The van der Waals surface area contributed by atoms with Crippen molar-refractivity contribution in [1.82, 2.24) is 9.88 Å². The van der Waals surface area contributed by atoms with E-state index < -0.39 is 12.1 Å². The molecule has 0 bridgehead atoms. The Morgan fingerprint density at radius 1 is 1.22 bits per heavy atom. The molecule has 3 atom stereocenters. The summed E-state index contributed by atoms with van der Waals surface area (Å²) < 4.78 is 5.36. The Labute approximate surface area is 217 Å². The molecule has 2 heterocycles. The molecule has 2 N–H and O–H groups in total. The van der Waals surface area contributed by atoms with Crippen molar-refractivity contribution in [1.29, 1.82) is 0 Å². The third kappa shape index (κ3) is 6.96. The molecule has 4 rings (SSSR count). The topological polar surface area (TPSA) is 82.9 Å². The summed E-state index contributed by atoms with van der Waals surface area (Å²) in [6.45, 7) is 2.70. The Morgan fingerprint density at radius 2 is 2.08 bits per heavy atom. The summed E-state index contributed by atoms with van der Waals surface area (Å²) in [5, 5.41) is 22.3. The van der Waals surface area contributed by atoms with E-state index in [1.54, 1.807) is 13.3 Å². The Kier molecular flexibility index (Phi) is 9.19. The van der Waals surface area contributed by atoms with Crippen LogP contribution in [0, 0.1) is 11.8 Å². The van der Waals surface area contributed by atoms with Crippen LogP contribution in [0.3, 0.4) is 0 Å². The molecule has 0 radical (unpaired) electrons. The maximum absolute atomic E-state index is 11.6. The maximum Gasteiger partial charge on any atom is 0.303 e. The van der Waals surface area contributed by atoms with E-state index in [-0.39, 0.29) is 18.3 Å². The lowest BCUT2D eigenvalue weighted by Gasteiger charge is -2.38. The number of methoxy groups -OCH3 is 1. The van der Waals surface area contributed by atoms with E-state index in [0.717, 1.165) is 72.6 Å². The fourth-order valence-corrected chi connectivity index (χ4v) is 5.70. The molecule has 1 saturated heterocycles. The molecule has 36 heavy (non-hydrogen) atoms. The van der Waals surface area contributed by atoms with Gasteiger partial charge in [-0.1, -0.05) is 23.7 Å². The summed E-state index contributed by atoms with van der Waals surface area (Å²) in [6, 6.07) is 15.5. The van der Waals surface area contributed by atoms with Crippen molar-refractivity contribution >= 4 is 28.5 Å². The number of rotatable bonds is 11. The zero-order chi connectivity index (χ0) is 25.5. The van der Waals surface area contributed by atoms with Crippen LogP contribution in [0.1, 0.15) is 49.3 Å². The van der Waals surface area contributed by atoms with Crippen LogP contribution in [0.4, 0.5) is 0 Å². The summed E-state index contributed by atoms with van der Waals surface area (Å²) in [4.78, 5) is 18.4. The van der Waals surface area contributed by atoms with Gasteiger partial charge in [-0.3, -0.25) is 9.78 Å². The van der Waals surface area contributed by atoms with Gasteiger partial charge in [-0.05, 0) is 105 Å². The maximum atomic E-state index is 11.6. The van der Waals surface area contributed by atoms with Crippen molar-refractivity contribution in [2.24, 2.45) is 11.8 Å². The third-order valence-electron chi connectivity index (χ3n) is 7.39. The van der Waals surface area contributed by atoms with Crippen molar-refractivity contribution in [3.8, 4) is 5.75 Å². The van der Waals surface area contributed by atoms with E-state index in [4.69, 9.17) is 16.3 Å². The molecule has 0 saturated carbocycles. The van der Waals surface area contributed by atoms with Crippen LogP contribution in [0.25, 0.3) is 10.9 Å². The summed E-state index contributed by atoms with van der Waals surface area (Å²) >= 11 is 6.10. The van der Waals surface area contributed by atoms with Gasteiger partial charge in [0.15, 0.2) is 0 Å². The number of hydrogen-bond acceptors (Lipinski definition) is 5. The molecular weight excluding hydrogens is 476 g/mol. The number of aromatic nitrogens is 1. The molecule has 1 aliphatic rings. The number of pyridine rings is 1. The number of aryl methyl sites for hydroxylation is 1. The molecule has 1 fully saturated rings. The first-order valence-corrected chi connectivity index (χ1v) is 13.1. The van der Waals surface area contributed by atoms with Crippen LogP contribution in [-0.4, -0.2) is 52.8 Å². The number of aliphatic carboxylic acids is 1. The first kappa shape index (κ1) is 26.4. The van der Waals surface area contributed by atoms with Gasteiger partial charge in [-0.25, -0.2) is 0 Å². The van der Waals surface area contributed by atoms with Crippen LogP contribution in [-0.2, 0) is 11.2 Å². The molecule has 0 aliphatic carbocycles. The van der Waals surface area contributed by atoms with Crippen molar-refractivity contribution in [3.63, 3.8) is 0 Å². The summed E-state index contributed by atoms with van der Waals surface area (Å²) in [6.07, 6.45) is 5.57. The van der Waals surface area contributed by atoms with Gasteiger partial charge in [0.1, 0.15) is 5.75 Å². The highest BCUT2D eigenvalue weighted by Gasteiger charge is 2.31. The Hall–Kier alpha value is -2.67. The number of fused-ring (bicyclic) bond motifs is 1. The molecule has 3 aromatic rings. The second-order valence-corrected chi connectivity index (χ2v) is 10.3. The minimum Gasteiger partial charge on any atom is -0.497 e. The first-order valence-electron chi connectivity index (χ1n) is 12.7. The fourth-order valence-electron chi connectivity index (χ4n) is 5.49. The van der Waals surface area contributed by atoms with E-state index in [0.29, 0.717) is 6.42 Å². The number of benzene rings is 2. The number of carboxylic acid groups (broad SMARTS) is 1. The Balaban J connectivity index is 1.34. The number of hydrogen-bond donors (Lipinski definition) is 2. The van der Waals surface area contributed by atoms with Crippen molar-refractivity contribution in [2.45, 2.75) is 44.6 Å². The number of likely N-dealkylation sites (tertiary alicyclic amines) is 1. The fraction of sp³-hybridized carbons (Fsp3) is 0.448. The van der Waals surface area contributed by atoms with E-state index in [2.05, 4.69) is 16.0 Å². The van der Waals surface area contributed by atoms with Crippen molar-refractivity contribution in [3.05, 3.63) is 70.9 Å². The molecule has 1 aliphatic heterocycles. The van der Waals surface area contributed by atoms with Gasteiger partial charge in [0.2, 0.25) is 0 Å². The second-order valence-electron chi connectivity index (χ2n) is 9.82. The van der Waals surface area contributed by atoms with E-state index in [9.17, 15) is 15.0 Å². The van der Waals surface area contributed by atoms with Gasteiger partial charge in [-0.2, -0.15) is 0 Å². The molecule has 7 heteroatoms. The number of carboxylic acids is 1. The van der Waals surface area contributed by atoms with Gasteiger partial charge in [0.25, 0.3) is 0 Å². The number of piperidine rings is 1. The highest BCUT2D eigenvalue weighted by Crippen LogP contribution is 2.35. The first-order chi connectivity index (χ1) is 17.4. The molecule has 6 nitrogen and oxygen atoms in total. The lowest BCUT2D eigenvalue weighted by molar-refractivity contribution is -0.139. The monoisotopic (exact) mass is 510 g/mol. The molecule has 0 spiro atoms. The molecule has 0 amide bonds. The van der Waals surface area contributed by atoms with Crippen molar-refractivity contribution in [2.75, 3.05) is 26.7 Å². The number of aliphatic hydroxyl groups excluding tert-OH is 1. The van der Waals surface area contributed by atoms with E-state index in [1.807, 2.05) is 42.5 Å². The number of nitrogens with zero attached hydrogens (tertiary/aromatic N) is 2.